The third kappa shape index (κ3) is 3.10. The van der Waals surface area contributed by atoms with E-state index in [1.807, 2.05) is 41.3 Å². The molecular weight excluding hydrogens is 422 g/mol. The van der Waals surface area contributed by atoms with E-state index in [2.05, 4.69) is 11.1 Å². The summed E-state index contributed by atoms with van der Waals surface area (Å²) in [5, 5.41) is 12.2. The molecule has 2 aliphatic heterocycles. The monoisotopic (exact) mass is 441 g/mol. The summed E-state index contributed by atoms with van der Waals surface area (Å²) < 4.78 is 11.1. The van der Waals surface area contributed by atoms with E-state index < -0.39 is 4.92 Å². The van der Waals surface area contributed by atoms with Crippen LogP contribution in [0.4, 0.5) is 5.69 Å². The van der Waals surface area contributed by atoms with Gasteiger partial charge in [0.05, 0.1) is 11.0 Å². The summed E-state index contributed by atoms with van der Waals surface area (Å²) >= 11 is 0. The topological polar surface area (TPSA) is 97.7 Å². The molecule has 0 saturated heterocycles. The summed E-state index contributed by atoms with van der Waals surface area (Å²) in [4.78, 5) is 29.5. The first-order chi connectivity index (χ1) is 16.1. The third-order valence-corrected chi connectivity index (χ3v) is 6.33. The lowest BCUT2D eigenvalue weighted by atomic mass is 9.91. The van der Waals surface area contributed by atoms with Gasteiger partial charge in [-0.3, -0.25) is 14.9 Å². The quantitative estimate of drug-likeness (QED) is 0.370. The van der Waals surface area contributed by atoms with Crippen LogP contribution in [0.5, 0.6) is 11.5 Å². The van der Waals surface area contributed by atoms with Crippen molar-refractivity contribution in [1.82, 2.24) is 9.88 Å². The van der Waals surface area contributed by atoms with Gasteiger partial charge in [-0.05, 0) is 47.9 Å². The van der Waals surface area contributed by atoms with Crippen molar-refractivity contribution in [2.75, 3.05) is 13.3 Å². The van der Waals surface area contributed by atoms with Crippen molar-refractivity contribution in [3.05, 3.63) is 99.2 Å². The summed E-state index contributed by atoms with van der Waals surface area (Å²) in [6.07, 6.45) is 0.707. The Kier molecular flexibility index (Phi) is 4.33. The Bertz CT molecular complexity index is 1410. The zero-order valence-corrected chi connectivity index (χ0v) is 17.5. The van der Waals surface area contributed by atoms with E-state index in [1.54, 1.807) is 0 Å². The number of ether oxygens (including phenoxy) is 2. The highest BCUT2D eigenvalue weighted by atomic mass is 16.7. The molecule has 1 atom stereocenters. The number of rotatable bonds is 3. The number of amides is 1. The molecule has 0 aliphatic carbocycles. The number of aromatic nitrogens is 1. The highest BCUT2D eigenvalue weighted by Gasteiger charge is 2.35. The van der Waals surface area contributed by atoms with Crippen LogP contribution in [0.1, 0.15) is 33.2 Å². The molecule has 8 heteroatoms. The summed E-state index contributed by atoms with van der Waals surface area (Å²) in [7, 11) is 0. The molecule has 0 fully saturated rings. The van der Waals surface area contributed by atoms with Gasteiger partial charge in [-0.2, -0.15) is 0 Å². The molecule has 3 heterocycles. The lowest BCUT2D eigenvalue weighted by Crippen LogP contribution is -2.40. The second-order valence-corrected chi connectivity index (χ2v) is 8.13. The van der Waals surface area contributed by atoms with E-state index in [4.69, 9.17) is 9.47 Å². The fraction of sp³-hybridized carbons (Fsp3) is 0.160. The van der Waals surface area contributed by atoms with Crippen molar-refractivity contribution in [3.63, 3.8) is 0 Å². The minimum Gasteiger partial charge on any atom is -0.454 e. The van der Waals surface area contributed by atoms with Crippen molar-refractivity contribution in [2.45, 2.75) is 12.5 Å². The van der Waals surface area contributed by atoms with Crippen LogP contribution >= 0.6 is 0 Å². The van der Waals surface area contributed by atoms with Gasteiger partial charge < -0.3 is 19.4 Å². The van der Waals surface area contributed by atoms with Crippen LogP contribution in [-0.4, -0.2) is 34.1 Å². The van der Waals surface area contributed by atoms with Crippen LogP contribution in [-0.2, 0) is 6.42 Å². The molecule has 1 unspecified atom stereocenters. The SMILES string of the molecule is O=C(c1ccc([N+](=O)[O-])cc1)N1CCc2c([nH]c3ccccc23)C1c1ccc2c(c1)OCO2. The number of H-pyrrole nitrogens is 1. The molecule has 6 rings (SSSR count). The normalized spacial score (nSPS) is 16.6. The molecule has 8 nitrogen and oxygen atoms in total. The van der Waals surface area contributed by atoms with Gasteiger partial charge in [0, 0.05) is 40.8 Å². The van der Waals surface area contributed by atoms with Gasteiger partial charge in [0.25, 0.3) is 11.6 Å². The molecule has 0 bridgehead atoms. The first-order valence-corrected chi connectivity index (χ1v) is 10.6. The van der Waals surface area contributed by atoms with Gasteiger partial charge >= 0.3 is 0 Å². The summed E-state index contributed by atoms with van der Waals surface area (Å²) in [5.74, 6) is 1.15. The predicted molar refractivity (Wildman–Crippen MR) is 121 cm³/mol. The number of non-ortho nitro benzene ring substituents is 1. The molecule has 1 aromatic heterocycles. The number of carbonyl (C=O) groups is 1. The van der Waals surface area contributed by atoms with Gasteiger partial charge in [-0.25, -0.2) is 0 Å². The smallest absolute Gasteiger partial charge is 0.269 e. The standard InChI is InChI=1S/C25H19N3O5/c29-25(15-5-8-17(9-6-15)28(30)31)27-12-11-19-18-3-1-2-4-20(18)26-23(19)24(27)16-7-10-21-22(13-16)33-14-32-21/h1-10,13,24,26H,11-12,14H2. The molecule has 3 aromatic carbocycles. The lowest BCUT2D eigenvalue weighted by Gasteiger charge is -2.36. The van der Waals surface area contributed by atoms with Gasteiger partial charge in [0.2, 0.25) is 6.79 Å². The zero-order chi connectivity index (χ0) is 22.5. The first-order valence-electron chi connectivity index (χ1n) is 10.6. The molecule has 0 spiro atoms. The van der Waals surface area contributed by atoms with Crippen LogP contribution in [0.15, 0.2) is 66.7 Å². The molecule has 164 valence electrons. The maximum Gasteiger partial charge on any atom is 0.269 e. The van der Waals surface area contributed by atoms with Gasteiger partial charge in [0.15, 0.2) is 11.5 Å². The van der Waals surface area contributed by atoms with Crippen LogP contribution in [0.2, 0.25) is 0 Å². The number of hydrogen-bond acceptors (Lipinski definition) is 5. The van der Waals surface area contributed by atoms with E-state index in [0.29, 0.717) is 30.0 Å². The van der Waals surface area contributed by atoms with Crippen molar-refractivity contribution >= 4 is 22.5 Å². The molecule has 4 aromatic rings. The molecule has 1 amide bonds. The Hall–Kier alpha value is -4.33. The first kappa shape index (κ1) is 19.4. The molecule has 0 radical (unpaired) electrons. The number of carbonyl (C=O) groups excluding carboxylic acids is 1. The largest absolute Gasteiger partial charge is 0.454 e. The third-order valence-electron chi connectivity index (χ3n) is 6.33. The summed E-state index contributed by atoms with van der Waals surface area (Å²) in [6, 6.07) is 19.3. The predicted octanol–water partition coefficient (Wildman–Crippen LogP) is 4.59. The van der Waals surface area contributed by atoms with Crippen LogP contribution in [0.3, 0.4) is 0 Å². The number of nitro groups is 1. The lowest BCUT2D eigenvalue weighted by molar-refractivity contribution is -0.384. The number of nitrogens with one attached hydrogen (secondary N) is 1. The summed E-state index contributed by atoms with van der Waals surface area (Å²) in [6.45, 7) is 0.691. The Balaban J connectivity index is 1.47. The van der Waals surface area contributed by atoms with Gasteiger partial charge in [0.1, 0.15) is 0 Å². The van der Waals surface area contributed by atoms with E-state index in [1.165, 1.54) is 29.8 Å². The maximum atomic E-state index is 13.6. The van der Waals surface area contributed by atoms with Gasteiger partial charge in [-0.1, -0.05) is 24.3 Å². The maximum absolute atomic E-state index is 13.6. The van der Waals surface area contributed by atoms with Crippen LogP contribution < -0.4 is 9.47 Å². The Labute approximate surface area is 188 Å². The molecular formula is C25H19N3O5. The van der Waals surface area contributed by atoms with Crippen molar-refractivity contribution in [1.29, 1.82) is 0 Å². The van der Waals surface area contributed by atoms with E-state index >= 15 is 0 Å². The van der Waals surface area contributed by atoms with Crippen molar-refractivity contribution in [3.8, 4) is 11.5 Å². The highest BCUT2D eigenvalue weighted by molar-refractivity contribution is 5.96. The summed E-state index contributed by atoms with van der Waals surface area (Å²) in [5.41, 5.74) is 4.46. The Morgan fingerprint density at radius 2 is 1.82 bits per heavy atom. The van der Waals surface area contributed by atoms with E-state index in [9.17, 15) is 14.9 Å². The number of nitro benzene ring substituents is 1. The molecule has 0 saturated carbocycles. The number of hydrogen-bond donors (Lipinski definition) is 1. The van der Waals surface area contributed by atoms with Gasteiger partial charge in [-0.15, -0.1) is 0 Å². The fourth-order valence-electron chi connectivity index (χ4n) is 4.78. The second kappa shape index (κ2) is 7.37. The van der Waals surface area contributed by atoms with Crippen LogP contribution in [0, 0.1) is 10.1 Å². The Morgan fingerprint density at radius 3 is 2.64 bits per heavy atom. The highest BCUT2D eigenvalue weighted by Crippen LogP contribution is 2.42. The van der Waals surface area contributed by atoms with Crippen LogP contribution in [0.25, 0.3) is 10.9 Å². The molecule has 1 N–H and O–H groups in total. The van der Waals surface area contributed by atoms with E-state index in [0.717, 1.165) is 22.2 Å². The minimum absolute atomic E-state index is 0.0459. The number of benzene rings is 3. The average Bonchev–Trinajstić information content (AvgIpc) is 3.47. The second-order valence-electron chi connectivity index (χ2n) is 8.13. The zero-order valence-electron chi connectivity index (χ0n) is 17.5. The Morgan fingerprint density at radius 1 is 1.03 bits per heavy atom. The number of aromatic amines is 1. The fourth-order valence-corrected chi connectivity index (χ4v) is 4.78. The number of fused-ring (bicyclic) bond motifs is 4. The average molecular weight is 441 g/mol. The minimum atomic E-state index is -0.471. The molecule has 33 heavy (non-hydrogen) atoms. The number of para-hydroxylation sites is 1. The molecule has 2 aliphatic rings. The van der Waals surface area contributed by atoms with Crippen molar-refractivity contribution < 1.29 is 19.2 Å². The van der Waals surface area contributed by atoms with E-state index in [-0.39, 0.29) is 24.4 Å². The van der Waals surface area contributed by atoms with Crippen molar-refractivity contribution in [2.24, 2.45) is 0 Å². The number of nitrogens with zero attached hydrogens (tertiary/aromatic N) is 2.